The molecule has 0 spiro atoms. The van der Waals surface area contributed by atoms with Crippen molar-refractivity contribution >= 4 is 29.1 Å². The number of nitrogens with zero attached hydrogens (tertiary/aromatic N) is 1. The quantitative estimate of drug-likeness (QED) is 0.906. The van der Waals surface area contributed by atoms with Gasteiger partial charge in [0.25, 0.3) is 0 Å². The van der Waals surface area contributed by atoms with Gasteiger partial charge in [-0.3, -0.25) is 9.59 Å². The van der Waals surface area contributed by atoms with Crippen LogP contribution in [0.25, 0.3) is 0 Å². The molecule has 0 bridgehead atoms. The molecule has 0 unspecified atom stereocenters. The molecule has 24 heavy (non-hydrogen) atoms. The lowest BCUT2D eigenvalue weighted by atomic mass is 9.95. The first-order chi connectivity index (χ1) is 11.5. The lowest BCUT2D eigenvalue weighted by molar-refractivity contribution is -0.135. The van der Waals surface area contributed by atoms with E-state index in [1.54, 1.807) is 13.2 Å². The minimum absolute atomic E-state index is 0.0199. The van der Waals surface area contributed by atoms with E-state index >= 15 is 0 Å². The summed E-state index contributed by atoms with van der Waals surface area (Å²) < 4.78 is 5.30. The van der Waals surface area contributed by atoms with Crippen LogP contribution in [0, 0.1) is 18.8 Å². The molecule has 1 saturated heterocycles. The molecule has 130 valence electrons. The van der Waals surface area contributed by atoms with Crippen molar-refractivity contribution < 1.29 is 14.3 Å². The topological polar surface area (TPSA) is 58.6 Å². The van der Waals surface area contributed by atoms with Crippen LogP contribution in [0.15, 0.2) is 12.1 Å². The number of anilines is 1. The fraction of sp³-hybridized carbons (Fsp3) is 0.556. The number of carbonyl (C=O) groups excluding carboxylic acids is 2. The number of nitrogens with one attached hydrogen (secondary N) is 1. The predicted octanol–water partition coefficient (Wildman–Crippen LogP) is 3.24. The van der Waals surface area contributed by atoms with Crippen LogP contribution in [-0.4, -0.2) is 36.9 Å². The monoisotopic (exact) mass is 350 g/mol. The van der Waals surface area contributed by atoms with Gasteiger partial charge in [0.1, 0.15) is 5.75 Å². The normalized spacial score (nSPS) is 18.4. The molecule has 2 aliphatic rings. The molecule has 1 saturated carbocycles. The third kappa shape index (κ3) is 3.66. The van der Waals surface area contributed by atoms with Crippen molar-refractivity contribution in [3.05, 3.63) is 22.7 Å². The van der Waals surface area contributed by atoms with Gasteiger partial charge in [-0.25, -0.2) is 0 Å². The molecular formula is C18H23ClN2O3. The Bertz CT molecular complexity index is 650. The van der Waals surface area contributed by atoms with E-state index < -0.39 is 0 Å². The van der Waals surface area contributed by atoms with Crippen LogP contribution < -0.4 is 10.1 Å². The predicted molar refractivity (Wildman–Crippen MR) is 93.4 cm³/mol. The summed E-state index contributed by atoms with van der Waals surface area (Å²) in [4.78, 5) is 26.5. The van der Waals surface area contributed by atoms with Gasteiger partial charge in [-0.15, -0.1) is 0 Å². The maximum Gasteiger partial charge on any atom is 0.227 e. The van der Waals surface area contributed by atoms with Crippen LogP contribution in [0.1, 0.15) is 31.2 Å². The van der Waals surface area contributed by atoms with E-state index in [0.29, 0.717) is 42.4 Å². The van der Waals surface area contributed by atoms with Gasteiger partial charge in [0, 0.05) is 36.0 Å². The summed E-state index contributed by atoms with van der Waals surface area (Å²) in [7, 11) is 1.55. The van der Waals surface area contributed by atoms with Crippen molar-refractivity contribution in [1.82, 2.24) is 4.90 Å². The highest BCUT2D eigenvalue weighted by atomic mass is 35.5. The molecule has 1 aromatic carbocycles. The number of hydrogen-bond donors (Lipinski definition) is 1. The molecule has 2 fully saturated rings. The molecule has 1 aliphatic carbocycles. The van der Waals surface area contributed by atoms with Crippen molar-refractivity contribution in [2.24, 2.45) is 11.8 Å². The molecule has 1 N–H and O–H groups in total. The summed E-state index contributed by atoms with van der Waals surface area (Å²) in [5.41, 5.74) is 1.53. The van der Waals surface area contributed by atoms with Gasteiger partial charge in [0.2, 0.25) is 11.8 Å². The zero-order valence-corrected chi connectivity index (χ0v) is 14.9. The van der Waals surface area contributed by atoms with Crippen molar-refractivity contribution in [2.45, 2.75) is 32.6 Å². The lowest BCUT2D eigenvalue weighted by Gasteiger charge is -2.31. The third-order valence-electron chi connectivity index (χ3n) is 4.84. The molecule has 0 aromatic heterocycles. The summed E-state index contributed by atoms with van der Waals surface area (Å²) in [5, 5.41) is 3.56. The van der Waals surface area contributed by atoms with Gasteiger partial charge < -0.3 is 15.0 Å². The standard InChI is InChI=1S/C18H23ClN2O3/c1-11-9-15(16(24-2)10-14(11)19)20-17(22)12-5-7-21(8-6-12)18(23)13-3-4-13/h9-10,12-13H,3-8H2,1-2H3,(H,20,22). The fourth-order valence-corrected chi connectivity index (χ4v) is 3.27. The number of rotatable bonds is 4. The van der Waals surface area contributed by atoms with Gasteiger partial charge >= 0.3 is 0 Å². The van der Waals surface area contributed by atoms with Crippen LogP contribution in [0.5, 0.6) is 5.75 Å². The first-order valence-corrected chi connectivity index (χ1v) is 8.81. The zero-order valence-electron chi connectivity index (χ0n) is 14.1. The minimum atomic E-state index is -0.0751. The smallest absolute Gasteiger partial charge is 0.227 e. The van der Waals surface area contributed by atoms with Crippen LogP contribution in [0.4, 0.5) is 5.69 Å². The fourth-order valence-electron chi connectivity index (χ4n) is 3.12. The summed E-state index contributed by atoms with van der Waals surface area (Å²) >= 11 is 6.10. The summed E-state index contributed by atoms with van der Waals surface area (Å²) in [5.74, 6) is 0.975. The molecule has 1 aromatic rings. The number of carbonyl (C=O) groups is 2. The highest BCUT2D eigenvalue weighted by Gasteiger charge is 2.36. The van der Waals surface area contributed by atoms with Crippen molar-refractivity contribution in [1.29, 1.82) is 0 Å². The highest BCUT2D eigenvalue weighted by Crippen LogP contribution is 2.34. The van der Waals surface area contributed by atoms with Crippen molar-refractivity contribution in [3.63, 3.8) is 0 Å². The zero-order chi connectivity index (χ0) is 17.3. The van der Waals surface area contributed by atoms with Crippen LogP contribution in [-0.2, 0) is 9.59 Å². The first kappa shape index (κ1) is 17.1. The van der Waals surface area contributed by atoms with E-state index in [1.165, 1.54) is 0 Å². The second-order valence-electron chi connectivity index (χ2n) is 6.66. The van der Waals surface area contributed by atoms with E-state index in [2.05, 4.69) is 5.32 Å². The number of ether oxygens (including phenoxy) is 1. The molecule has 0 radical (unpaired) electrons. The van der Waals surface area contributed by atoms with Crippen LogP contribution in [0.3, 0.4) is 0 Å². The average Bonchev–Trinajstić information content (AvgIpc) is 3.42. The highest BCUT2D eigenvalue weighted by molar-refractivity contribution is 6.31. The Morgan fingerprint density at radius 2 is 1.83 bits per heavy atom. The van der Waals surface area contributed by atoms with E-state index in [-0.39, 0.29) is 23.7 Å². The van der Waals surface area contributed by atoms with Gasteiger partial charge in [-0.2, -0.15) is 0 Å². The summed E-state index contributed by atoms with van der Waals surface area (Å²) in [6.45, 7) is 3.23. The molecule has 6 heteroatoms. The van der Waals surface area contributed by atoms with Gasteiger partial charge in [0.15, 0.2) is 0 Å². The number of benzene rings is 1. The molecular weight excluding hydrogens is 328 g/mol. The number of piperidine rings is 1. The molecule has 3 rings (SSSR count). The number of hydrogen-bond acceptors (Lipinski definition) is 3. The number of aryl methyl sites for hydroxylation is 1. The summed E-state index contributed by atoms with van der Waals surface area (Å²) in [6.07, 6.45) is 3.46. The largest absolute Gasteiger partial charge is 0.495 e. The Kier molecular flexibility index (Phi) is 4.99. The van der Waals surface area contributed by atoms with Crippen molar-refractivity contribution in [3.8, 4) is 5.75 Å². The lowest BCUT2D eigenvalue weighted by Crippen LogP contribution is -2.42. The molecule has 0 atom stereocenters. The number of methoxy groups -OCH3 is 1. The Hall–Kier alpha value is -1.75. The third-order valence-corrected chi connectivity index (χ3v) is 5.25. The number of halogens is 1. The maximum atomic E-state index is 12.6. The number of amides is 2. The van der Waals surface area contributed by atoms with Crippen LogP contribution in [0.2, 0.25) is 5.02 Å². The second kappa shape index (κ2) is 7.01. The Labute approximate surface area is 147 Å². The Morgan fingerprint density at radius 3 is 2.42 bits per heavy atom. The van der Waals surface area contributed by atoms with E-state index in [0.717, 1.165) is 18.4 Å². The Balaban J connectivity index is 1.60. The molecule has 1 heterocycles. The van der Waals surface area contributed by atoms with Crippen LogP contribution >= 0.6 is 11.6 Å². The Morgan fingerprint density at radius 1 is 1.17 bits per heavy atom. The average molecular weight is 351 g/mol. The van der Waals surface area contributed by atoms with Gasteiger partial charge in [0.05, 0.1) is 12.8 Å². The van der Waals surface area contributed by atoms with Gasteiger partial charge in [-0.1, -0.05) is 11.6 Å². The van der Waals surface area contributed by atoms with E-state index in [9.17, 15) is 9.59 Å². The SMILES string of the molecule is COc1cc(Cl)c(C)cc1NC(=O)C1CCN(C(=O)C2CC2)CC1. The number of likely N-dealkylation sites (tertiary alicyclic amines) is 1. The minimum Gasteiger partial charge on any atom is -0.495 e. The van der Waals surface area contributed by atoms with Gasteiger partial charge in [-0.05, 0) is 44.2 Å². The summed E-state index contributed by atoms with van der Waals surface area (Å²) in [6, 6.07) is 3.54. The molecule has 2 amide bonds. The van der Waals surface area contributed by atoms with E-state index in [4.69, 9.17) is 16.3 Å². The molecule has 1 aliphatic heterocycles. The molecule has 5 nitrogen and oxygen atoms in total. The second-order valence-corrected chi connectivity index (χ2v) is 7.07. The van der Waals surface area contributed by atoms with Crippen molar-refractivity contribution in [2.75, 3.05) is 25.5 Å². The van der Waals surface area contributed by atoms with E-state index in [1.807, 2.05) is 17.9 Å². The maximum absolute atomic E-state index is 12.6. The first-order valence-electron chi connectivity index (χ1n) is 8.43.